The molecule has 21 heteroatoms. The van der Waals surface area contributed by atoms with Crippen molar-refractivity contribution >= 4 is 45.4 Å². The summed E-state index contributed by atoms with van der Waals surface area (Å²) in [5.74, 6) is -5.29. The molecule has 0 spiro atoms. The zero-order chi connectivity index (χ0) is 45.0. The molecule has 1 saturated carbocycles. The Hall–Kier alpha value is -3.98. The molecule has 0 aromatic heterocycles. The summed E-state index contributed by atoms with van der Waals surface area (Å²) < 4.78 is 90.1. The van der Waals surface area contributed by atoms with Gasteiger partial charge in [0.25, 0.3) is 0 Å². The Morgan fingerprint density at radius 2 is 1.42 bits per heavy atom. The second kappa shape index (κ2) is 22.2. The minimum absolute atomic E-state index is 0.0302. The van der Waals surface area contributed by atoms with Gasteiger partial charge in [-0.25, -0.2) is 22.3 Å². The Bertz CT molecular complexity index is 1830. The quantitative estimate of drug-likeness (QED) is 0.229. The van der Waals surface area contributed by atoms with Gasteiger partial charge in [-0.1, -0.05) is 74.2 Å². The third-order valence-corrected chi connectivity index (χ3v) is 12.3. The first-order valence-corrected chi connectivity index (χ1v) is 21.5. The SMILES string of the molecule is CCN(CC(C1CCCCC1)N1CCN(C(=O)C(Cc2ccc(Cl)cc2)NC(=O)CC2c3ccccc3CN2C)CC1)S(C)(=O)=O.O=C(O)C(F)(F)F.O=C(O)C(F)(F)F. The molecule has 2 aromatic rings. The number of carbonyl (C=O) groups is 4. The van der Waals surface area contributed by atoms with Gasteiger partial charge in [-0.3, -0.25) is 19.4 Å². The van der Waals surface area contributed by atoms with Crippen molar-refractivity contribution in [1.29, 1.82) is 0 Å². The third kappa shape index (κ3) is 15.5. The summed E-state index contributed by atoms with van der Waals surface area (Å²) in [5.41, 5.74) is 3.34. The second-order valence-corrected chi connectivity index (χ2v) is 17.3. The maximum atomic E-state index is 14.1. The number of carbonyl (C=O) groups excluding carboxylic acids is 2. The molecule has 336 valence electrons. The molecule has 60 heavy (non-hydrogen) atoms. The number of rotatable bonds is 12. The van der Waals surface area contributed by atoms with Crippen LogP contribution < -0.4 is 5.32 Å². The van der Waals surface area contributed by atoms with Crippen molar-refractivity contribution in [3.63, 3.8) is 0 Å². The van der Waals surface area contributed by atoms with E-state index in [0.29, 0.717) is 56.6 Å². The maximum absolute atomic E-state index is 14.1. The lowest BCUT2D eigenvalue weighted by atomic mass is 9.83. The molecule has 2 amide bonds. The molecular weight excluding hydrogens is 848 g/mol. The Labute approximate surface area is 350 Å². The number of halogens is 7. The molecule has 5 rings (SSSR count). The number of piperazine rings is 1. The molecule has 1 aliphatic carbocycles. The van der Waals surface area contributed by atoms with Gasteiger partial charge in [-0.05, 0) is 54.6 Å². The van der Waals surface area contributed by atoms with Crippen LogP contribution in [0.5, 0.6) is 0 Å². The molecular formula is C39H52ClF6N5O8S. The van der Waals surface area contributed by atoms with Crippen molar-refractivity contribution in [2.45, 2.75) is 88.9 Å². The summed E-state index contributed by atoms with van der Waals surface area (Å²) in [4.78, 5) is 51.9. The van der Waals surface area contributed by atoms with Gasteiger partial charge < -0.3 is 20.4 Å². The van der Waals surface area contributed by atoms with Crippen molar-refractivity contribution in [2.24, 2.45) is 5.92 Å². The molecule has 2 aromatic carbocycles. The van der Waals surface area contributed by atoms with Crippen LogP contribution in [0.25, 0.3) is 0 Å². The summed E-state index contributed by atoms with van der Waals surface area (Å²) in [6.45, 7) is 6.08. The van der Waals surface area contributed by atoms with Gasteiger partial charge in [0.1, 0.15) is 6.04 Å². The van der Waals surface area contributed by atoms with Crippen LogP contribution in [-0.2, 0) is 42.2 Å². The number of sulfonamides is 1. The number of aliphatic carboxylic acids is 2. The summed E-state index contributed by atoms with van der Waals surface area (Å²) in [7, 11) is -1.27. The molecule has 3 unspecified atom stereocenters. The largest absolute Gasteiger partial charge is 0.490 e. The van der Waals surface area contributed by atoms with Gasteiger partial charge >= 0.3 is 24.3 Å². The first-order valence-electron chi connectivity index (χ1n) is 19.3. The van der Waals surface area contributed by atoms with Crippen LogP contribution in [0, 0.1) is 5.92 Å². The normalized spacial score (nSPS) is 18.9. The third-order valence-electron chi connectivity index (χ3n) is 10.7. The molecule has 2 fully saturated rings. The summed E-state index contributed by atoms with van der Waals surface area (Å²) in [5, 5.41) is 18.0. The monoisotopic (exact) mass is 899 g/mol. The van der Waals surface area contributed by atoms with E-state index in [2.05, 4.69) is 27.2 Å². The first kappa shape index (κ1) is 50.4. The number of carboxylic acids is 2. The first-order chi connectivity index (χ1) is 27.9. The van der Waals surface area contributed by atoms with E-state index in [9.17, 15) is 44.3 Å². The van der Waals surface area contributed by atoms with Crippen molar-refractivity contribution in [3.05, 3.63) is 70.2 Å². The fourth-order valence-corrected chi connectivity index (χ4v) is 8.67. The van der Waals surface area contributed by atoms with Crippen LogP contribution in [0.3, 0.4) is 0 Å². The van der Waals surface area contributed by atoms with E-state index in [1.807, 2.05) is 55.3 Å². The standard InChI is InChI=1S/C35H50ClN5O4S.2C2HF3O2/c1-4-41(46(3,44)45)25-33(27-10-6-5-7-11-27)39-18-20-40(21-19-39)35(43)31(22-26-14-16-29(36)17-15-26)37-34(42)23-32-30-13-9-8-12-28(30)24-38(32)2;2*3-2(4,5)1(6)7/h8-9,12-17,27,31-33H,4-7,10-11,18-25H2,1-3H3,(H,37,42);2*(H,6,7). The highest BCUT2D eigenvalue weighted by Gasteiger charge is 2.40. The van der Waals surface area contributed by atoms with Gasteiger partial charge in [0, 0.05) is 75.8 Å². The average Bonchev–Trinajstić information content (AvgIpc) is 3.49. The van der Waals surface area contributed by atoms with Gasteiger partial charge in [0.05, 0.1) is 6.26 Å². The highest BCUT2D eigenvalue weighted by Crippen LogP contribution is 2.35. The lowest BCUT2D eigenvalue weighted by Crippen LogP contribution is -2.59. The van der Waals surface area contributed by atoms with Crippen molar-refractivity contribution in [2.75, 3.05) is 52.6 Å². The fraction of sp³-hybridized carbons (Fsp3) is 0.590. The second-order valence-electron chi connectivity index (χ2n) is 14.9. The zero-order valence-corrected chi connectivity index (χ0v) is 35.1. The highest BCUT2D eigenvalue weighted by molar-refractivity contribution is 7.88. The Kier molecular flexibility index (Phi) is 18.6. The molecule has 2 aliphatic heterocycles. The van der Waals surface area contributed by atoms with Gasteiger partial charge in [-0.2, -0.15) is 26.3 Å². The molecule has 3 atom stereocenters. The molecule has 1 saturated heterocycles. The minimum Gasteiger partial charge on any atom is -0.475 e. The summed E-state index contributed by atoms with van der Waals surface area (Å²) in [6, 6.07) is 15.1. The predicted molar refractivity (Wildman–Crippen MR) is 210 cm³/mol. The summed E-state index contributed by atoms with van der Waals surface area (Å²) >= 11 is 6.14. The summed E-state index contributed by atoms with van der Waals surface area (Å²) in [6.07, 6.45) is -2.39. The topological polar surface area (TPSA) is 168 Å². The van der Waals surface area contributed by atoms with Crippen LogP contribution in [-0.4, -0.2) is 138 Å². The van der Waals surface area contributed by atoms with Crippen molar-refractivity contribution < 1.29 is 64.2 Å². The lowest BCUT2D eigenvalue weighted by molar-refractivity contribution is -0.193. The molecule has 13 nitrogen and oxygen atoms in total. The average molecular weight is 900 g/mol. The number of nitrogens with zero attached hydrogens (tertiary/aromatic N) is 4. The maximum Gasteiger partial charge on any atom is 0.490 e. The van der Waals surface area contributed by atoms with E-state index >= 15 is 0 Å². The highest BCUT2D eigenvalue weighted by atomic mass is 35.5. The molecule has 2 heterocycles. The molecule has 3 aliphatic rings. The van der Waals surface area contributed by atoms with E-state index in [1.54, 1.807) is 4.31 Å². The zero-order valence-electron chi connectivity index (χ0n) is 33.5. The lowest BCUT2D eigenvalue weighted by Gasteiger charge is -2.45. The van der Waals surface area contributed by atoms with Crippen LogP contribution in [0.15, 0.2) is 48.5 Å². The number of alkyl halides is 6. The number of benzene rings is 2. The van der Waals surface area contributed by atoms with Crippen LogP contribution >= 0.6 is 11.6 Å². The smallest absolute Gasteiger partial charge is 0.475 e. The van der Waals surface area contributed by atoms with Gasteiger partial charge in [0.2, 0.25) is 21.8 Å². The number of nitrogens with one attached hydrogen (secondary N) is 1. The molecule has 0 bridgehead atoms. The van der Waals surface area contributed by atoms with Gasteiger partial charge in [-0.15, -0.1) is 0 Å². The number of hydrogen-bond donors (Lipinski definition) is 3. The number of carboxylic acid groups (broad SMARTS) is 2. The van der Waals surface area contributed by atoms with Crippen LogP contribution in [0.2, 0.25) is 5.02 Å². The number of amides is 2. The van der Waals surface area contributed by atoms with Crippen molar-refractivity contribution in [3.8, 4) is 0 Å². The van der Waals surface area contributed by atoms with E-state index in [4.69, 9.17) is 31.4 Å². The Morgan fingerprint density at radius 1 is 0.883 bits per heavy atom. The van der Waals surface area contributed by atoms with E-state index in [0.717, 1.165) is 24.9 Å². The predicted octanol–water partition coefficient (Wildman–Crippen LogP) is 5.59. The number of hydrogen-bond acceptors (Lipinski definition) is 8. The van der Waals surface area contributed by atoms with Crippen LogP contribution in [0.1, 0.15) is 68.2 Å². The fourth-order valence-electron chi connectivity index (χ4n) is 7.65. The van der Waals surface area contributed by atoms with E-state index < -0.39 is 40.4 Å². The Balaban J connectivity index is 0.000000589. The molecule has 0 radical (unpaired) electrons. The van der Waals surface area contributed by atoms with Crippen molar-refractivity contribution in [1.82, 2.24) is 24.3 Å². The van der Waals surface area contributed by atoms with Crippen LogP contribution in [0.4, 0.5) is 26.3 Å². The Morgan fingerprint density at radius 3 is 1.92 bits per heavy atom. The van der Waals surface area contributed by atoms with E-state index in [-0.39, 0.29) is 30.3 Å². The van der Waals surface area contributed by atoms with E-state index in [1.165, 1.54) is 36.6 Å². The number of likely N-dealkylation sites (N-methyl/N-ethyl adjacent to an activating group) is 1. The minimum atomic E-state index is -5.08. The number of fused-ring (bicyclic) bond motifs is 1. The molecule has 3 N–H and O–H groups in total. The van der Waals surface area contributed by atoms with Gasteiger partial charge in [0.15, 0.2) is 0 Å².